The molecule has 0 unspecified atom stereocenters. The molecule has 2 heterocycles. The van der Waals surface area contributed by atoms with Crippen LogP contribution in [0.3, 0.4) is 0 Å². The minimum atomic E-state index is -0.593. The number of aryl methyl sites for hydroxylation is 1. The fraction of sp³-hybridized carbons (Fsp3) is 0.182. The third-order valence-corrected chi connectivity index (χ3v) is 3.77. The molecule has 0 aliphatic heterocycles. The fourth-order valence-electron chi connectivity index (χ4n) is 1.56. The second kappa shape index (κ2) is 5.51. The van der Waals surface area contributed by atoms with Gasteiger partial charge in [0.05, 0.1) is 15.5 Å². The SMILES string of the molecule is CC(=O)Nc1nc(C)c(-c2cnc(Cl)c([N+](=O)[O-])c2)s1. The zero-order valence-electron chi connectivity index (χ0n) is 10.5. The number of hydrogen-bond donors (Lipinski definition) is 1. The van der Waals surface area contributed by atoms with Gasteiger partial charge in [-0.3, -0.25) is 14.9 Å². The third kappa shape index (κ3) is 2.91. The second-order valence-corrected chi connectivity index (χ2v) is 5.26. The van der Waals surface area contributed by atoms with E-state index in [0.29, 0.717) is 21.3 Å². The van der Waals surface area contributed by atoms with Gasteiger partial charge in [0.1, 0.15) is 0 Å². The topological polar surface area (TPSA) is 98.0 Å². The number of anilines is 1. The Morgan fingerprint density at radius 3 is 2.85 bits per heavy atom. The number of nitro groups is 1. The van der Waals surface area contributed by atoms with Crippen molar-refractivity contribution in [2.24, 2.45) is 0 Å². The molecule has 0 saturated carbocycles. The second-order valence-electron chi connectivity index (χ2n) is 3.91. The molecular weight excluding hydrogens is 304 g/mol. The molecule has 0 bridgehead atoms. The van der Waals surface area contributed by atoms with Crippen LogP contribution in [0.5, 0.6) is 0 Å². The first-order valence-corrected chi connectivity index (χ1v) is 6.63. The van der Waals surface area contributed by atoms with Crippen molar-refractivity contribution < 1.29 is 9.72 Å². The van der Waals surface area contributed by atoms with Gasteiger partial charge < -0.3 is 5.32 Å². The number of aromatic nitrogens is 2. The van der Waals surface area contributed by atoms with Gasteiger partial charge >= 0.3 is 5.69 Å². The van der Waals surface area contributed by atoms with Gasteiger partial charge in [-0.15, -0.1) is 0 Å². The molecule has 2 aromatic rings. The summed E-state index contributed by atoms with van der Waals surface area (Å²) in [5, 5.41) is 13.7. The molecule has 2 aromatic heterocycles. The van der Waals surface area contributed by atoms with Crippen LogP contribution in [0.4, 0.5) is 10.8 Å². The Morgan fingerprint density at radius 1 is 1.55 bits per heavy atom. The Kier molecular flexibility index (Phi) is 3.96. The van der Waals surface area contributed by atoms with Crippen LogP contribution >= 0.6 is 22.9 Å². The van der Waals surface area contributed by atoms with E-state index in [1.807, 2.05) is 0 Å². The van der Waals surface area contributed by atoms with Gasteiger partial charge in [0, 0.05) is 24.8 Å². The lowest BCUT2D eigenvalue weighted by Gasteiger charge is -1.99. The molecule has 0 saturated heterocycles. The van der Waals surface area contributed by atoms with Crippen molar-refractivity contribution in [3.05, 3.63) is 33.2 Å². The molecule has 0 aromatic carbocycles. The lowest BCUT2D eigenvalue weighted by Crippen LogP contribution is -2.04. The Labute approximate surface area is 122 Å². The molecule has 20 heavy (non-hydrogen) atoms. The summed E-state index contributed by atoms with van der Waals surface area (Å²) in [6, 6.07) is 1.34. The number of rotatable bonds is 3. The maximum Gasteiger partial charge on any atom is 0.307 e. The average Bonchev–Trinajstić information content (AvgIpc) is 2.69. The van der Waals surface area contributed by atoms with E-state index in [0.717, 1.165) is 0 Å². The third-order valence-electron chi connectivity index (χ3n) is 2.36. The van der Waals surface area contributed by atoms with Crippen molar-refractivity contribution in [2.45, 2.75) is 13.8 Å². The van der Waals surface area contributed by atoms with Crippen LogP contribution in [0, 0.1) is 17.0 Å². The Hall–Kier alpha value is -2.06. The molecule has 0 aliphatic carbocycles. The number of carbonyl (C=O) groups excluding carboxylic acids is 1. The van der Waals surface area contributed by atoms with E-state index < -0.39 is 4.92 Å². The van der Waals surface area contributed by atoms with Crippen molar-refractivity contribution >= 4 is 39.7 Å². The maximum atomic E-state index is 11.0. The molecule has 104 valence electrons. The van der Waals surface area contributed by atoms with Gasteiger partial charge in [-0.25, -0.2) is 9.97 Å². The minimum absolute atomic E-state index is 0.164. The normalized spacial score (nSPS) is 10.3. The van der Waals surface area contributed by atoms with Crippen molar-refractivity contribution in [1.82, 2.24) is 9.97 Å². The van der Waals surface area contributed by atoms with E-state index in [1.54, 1.807) is 6.92 Å². The largest absolute Gasteiger partial charge is 0.307 e. The van der Waals surface area contributed by atoms with Crippen LogP contribution < -0.4 is 5.32 Å². The van der Waals surface area contributed by atoms with Crippen molar-refractivity contribution in [3.8, 4) is 10.4 Å². The molecule has 1 N–H and O–H groups in total. The van der Waals surface area contributed by atoms with E-state index in [4.69, 9.17) is 11.6 Å². The lowest BCUT2D eigenvalue weighted by molar-refractivity contribution is -0.385. The quantitative estimate of drug-likeness (QED) is 0.533. The van der Waals surface area contributed by atoms with Crippen LogP contribution in [-0.4, -0.2) is 20.8 Å². The van der Waals surface area contributed by atoms with E-state index in [9.17, 15) is 14.9 Å². The maximum absolute atomic E-state index is 11.0. The molecule has 1 amide bonds. The predicted octanol–water partition coefficient (Wildman–Crippen LogP) is 3.03. The summed E-state index contributed by atoms with van der Waals surface area (Å²) in [6.07, 6.45) is 1.44. The molecule has 0 spiro atoms. The van der Waals surface area contributed by atoms with Crippen LogP contribution in [0.25, 0.3) is 10.4 Å². The van der Waals surface area contributed by atoms with Crippen molar-refractivity contribution in [2.75, 3.05) is 5.32 Å². The monoisotopic (exact) mass is 312 g/mol. The highest BCUT2D eigenvalue weighted by Crippen LogP contribution is 2.35. The van der Waals surface area contributed by atoms with E-state index in [2.05, 4.69) is 15.3 Å². The van der Waals surface area contributed by atoms with Crippen LogP contribution in [0.15, 0.2) is 12.3 Å². The first kappa shape index (κ1) is 14.4. The first-order chi connectivity index (χ1) is 9.38. The lowest BCUT2D eigenvalue weighted by atomic mass is 10.2. The summed E-state index contributed by atoms with van der Waals surface area (Å²) < 4.78 is 0. The molecule has 7 nitrogen and oxygen atoms in total. The molecule has 9 heteroatoms. The summed E-state index contributed by atoms with van der Waals surface area (Å²) in [6.45, 7) is 3.13. The zero-order valence-corrected chi connectivity index (χ0v) is 12.1. The van der Waals surface area contributed by atoms with Gasteiger partial charge in [-0.05, 0) is 6.92 Å². The molecule has 0 atom stereocenters. The first-order valence-electron chi connectivity index (χ1n) is 5.44. The summed E-state index contributed by atoms with van der Waals surface area (Å²) in [7, 11) is 0. The summed E-state index contributed by atoms with van der Waals surface area (Å²) >= 11 is 6.89. The number of amides is 1. The number of nitrogens with one attached hydrogen (secondary N) is 1. The Morgan fingerprint density at radius 2 is 2.25 bits per heavy atom. The van der Waals surface area contributed by atoms with Crippen LogP contribution in [0.2, 0.25) is 5.15 Å². The Bertz CT molecular complexity index is 701. The standard InChI is InChI=1S/C11H9ClN4O3S/c1-5-9(20-11(14-5)15-6(2)17)7-3-8(16(18)19)10(12)13-4-7/h3-4H,1-2H3,(H,14,15,17). The van der Waals surface area contributed by atoms with Crippen LogP contribution in [0.1, 0.15) is 12.6 Å². The number of carbonyl (C=O) groups is 1. The molecule has 0 fully saturated rings. The number of nitrogens with zero attached hydrogens (tertiary/aromatic N) is 3. The fourth-order valence-corrected chi connectivity index (χ4v) is 2.72. The van der Waals surface area contributed by atoms with E-state index in [-0.39, 0.29) is 16.7 Å². The summed E-state index contributed by atoms with van der Waals surface area (Å²) in [5.41, 5.74) is 0.919. The molecule has 0 radical (unpaired) electrons. The molecule has 2 rings (SSSR count). The minimum Gasteiger partial charge on any atom is -0.302 e. The van der Waals surface area contributed by atoms with Gasteiger partial charge in [0.2, 0.25) is 11.1 Å². The summed E-state index contributed by atoms with van der Waals surface area (Å²) in [4.78, 5) is 29.9. The van der Waals surface area contributed by atoms with Gasteiger partial charge in [0.15, 0.2) is 5.13 Å². The number of hydrogen-bond acceptors (Lipinski definition) is 6. The van der Waals surface area contributed by atoms with Gasteiger partial charge in [0.25, 0.3) is 0 Å². The van der Waals surface area contributed by atoms with Crippen LogP contribution in [-0.2, 0) is 4.79 Å². The van der Waals surface area contributed by atoms with Crippen molar-refractivity contribution in [3.63, 3.8) is 0 Å². The smallest absolute Gasteiger partial charge is 0.302 e. The highest BCUT2D eigenvalue weighted by atomic mass is 35.5. The average molecular weight is 313 g/mol. The highest BCUT2D eigenvalue weighted by Gasteiger charge is 2.18. The van der Waals surface area contributed by atoms with Gasteiger partial charge in [-0.2, -0.15) is 0 Å². The van der Waals surface area contributed by atoms with E-state index >= 15 is 0 Å². The van der Waals surface area contributed by atoms with Crippen molar-refractivity contribution in [1.29, 1.82) is 0 Å². The number of pyridine rings is 1. The number of halogens is 1. The zero-order chi connectivity index (χ0) is 14.9. The summed E-state index contributed by atoms with van der Waals surface area (Å²) in [5.74, 6) is -0.231. The van der Waals surface area contributed by atoms with Gasteiger partial charge in [-0.1, -0.05) is 22.9 Å². The molecular formula is C11H9ClN4O3S. The predicted molar refractivity (Wildman–Crippen MR) is 76.1 cm³/mol. The molecule has 0 aliphatic rings. The Balaban J connectivity index is 2.46. The highest BCUT2D eigenvalue weighted by molar-refractivity contribution is 7.19. The number of thiazole rings is 1. The van der Waals surface area contributed by atoms with E-state index in [1.165, 1.54) is 30.5 Å².